The van der Waals surface area contributed by atoms with E-state index < -0.39 is 6.04 Å². The summed E-state index contributed by atoms with van der Waals surface area (Å²) in [6.45, 7) is 5.77. The number of rotatable bonds is 2. The Morgan fingerprint density at radius 2 is 2.18 bits per heavy atom. The van der Waals surface area contributed by atoms with E-state index >= 15 is 0 Å². The van der Waals surface area contributed by atoms with Crippen molar-refractivity contribution in [2.75, 3.05) is 6.54 Å². The van der Waals surface area contributed by atoms with Crippen molar-refractivity contribution >= 4 is 11.8 Å². The second-order valence-electron chi connectivity index (χ2n) is 4.29. The molecule has 0 aromatic carbocycles. The average molecular weight is 237 g/mol. The van der Waals surface area contributed by atoms with Crippen molar-refractivity contribution in [1.82, 2.24) is 15.4 Å². The van der Waals surface area contributed by atoms with Gasteiger partial charge in [0.1, 0.15) is 11.8 Å². The molecule has 1 saturated heterocycles. The lowest BCUT2D eigenvalue weighted by atomic mass is 10.1. The second kappa shape index (κ2) is 4.20. The minimum atomic E-state index is -0.461. The van der Waals surface area contributed by atoms with Gasteiger partial charge in [-0.25, -0.2) is 0 Å². The molecule has 1 unspecified atom stereocenters. The van der Waals surface area contributed by atoms with Crippen LogP contribution in [-0.4, -0.2) is 34.5 Å². The highest BCUT2D eigenvalue weighted by Gasteiger charge is 2.30. The highest BCUT2D eigenvalue weighted by Crippen LogP contribution is 2.16. The molecular formula is C11H15N3O3. The quantitative estimate of drug-likeness (QED) is 0.793. The number of carbonyl (C=O) groups excluding carboxylic acids is 2. The molecule has 2 rings (SSSR count). The van der Waals surface area contributed by atoms with Gasteiger partial charge in [0.05, 0.1) is 18.8 Å². The van der Waals surface area contributed by atoms with E-state index in [0.717, 1.165) is 11.3 Å². The Kier molecular flexibility index (Phi) is 2.87. The number of nitrogens with zero attached hydrogens (tertiary/aromatic N) is 2. The summed E-state index contributed by atoms with van der Waals surface area (Å²) in [5.41, 5.74) is 1.63. The van der Waals surface area contributed by atoms with Crippen molar-refractivity contribution in [3.05, 3.63) is 17.0 Å². The number of hydrogen-bond donors (Lipinski definition) is 1. The molecule has 6 heteroatoms. The number of aryl methyl sites for hydroxylation is 2. The summed E-state index contributed by atoms with van der Waals surface area (Å²) in [7, 11) is 0. The normalized spacial score (nSPS) is 20.6. The van der Waals surface area contributed by atoms with Crippen LogP contribution >= 0.6 is 0 Å². The van der Waals surface area contributed by atoms with Crippen molar-refractivity contribution in [2.45, 2.75) is 33.4 Å². The molecule has 0 saturated carbocycles. The standard InChI is InChI=1S/C11H15N3O3/c1-6-9(8(3)17-13-6)4-14-5-10(15)12-7(2)11(14)16/h7H,4-5H2,1-3H3,(H,12,15). The predicted molar refractivity (Wildman–Crippen MR) is 59.0 cm³/mol. The van der Waals surface area contributed by atoms with Gasteiger partial charge in [0.2, 0.25) is 11.8 Å². The van der Waals surface area contributed by atoms with Gasteiger partial charge < -0.3 is 14.7 Å². The molecule has 6 nitrogen and oxygen atoms in total. The van der Waals surface area contributed by atoms with Gasteiger partial charge in [0.15, 0.2) is 0 Å². The number of amides is 2. The van der Waals surface area contributed by atoms with Crippen LogP contribution in [0, 0.1) is 13.8 Å². The molecule has 0 spiro atoms. The molecule has 1 atom stereocenters. The van der Waals surface area contributed by atoms with E-state index in [0.29, 0.717) is 12.3 Å². The van der Waals surface area contributed by atoms with E-state index in [1.165, 1.54) is 4.90 Å². The zero-order chi connectivity index (χ0) is 12.6. The minimum absolute atomic E-state index is 0.0791. The topological polar surface area (TPSA) is 75.4 Å². The third-order valence-electron chi connectivity index (χ3n) is 2.92. The molecule has 1 aromatic heterocycles. The van der Waals surface area contributed by atoms with E-state index in [9.17, 15) is 9.59 Å². The second-order valence-corrected chi connectivity index (χ2v) is 4.29. The summed E-state index contributed by atoms with van der Waals surface area (Å²) in [5, 5.41) is 6.43. The highest BCUT2D eigenvalue weighted by atomic mass is 16.5. The van der Waals surface area contributed by atoms with Crippen LogP contribution in [0.2, 0.25) is 0 Å². The van der Waals surface area contributed by atoms with Crippen LogP contribution in [0.3, 0.4) is 0 Å². The molecule has 92 valence electrons. The number of hydrogen-bond acceptors (Lipinski definition) is 4. The summed E-state index contributed by atoms with van der Waals surface area (Å²) in [6.07, 6.45) is 0. The third-order valence-corrected chi connectivity index (χ3v) is 2.92. The average Bonchev–Trinajstić information content (AvgIpc) is 2.56. The van der Waals surface area contributed by atoms with Crippen LogP contribution < -0.4 is 5.32 Å². The molecular weight excluding hydrogens is 222 g/mol. The van der Waals surface area contributed by atoms with Gasteiger partial charge in [0, 0.05) is 5.56 Å². The first kappa shape index (κ1) is 11.6. The number of carbonyl (C=O) groups is 2. The van der Waals surface area contributed by atoms with E-state index in [1.54, 1.807) is 13.8 Å². The molecule has 1 aromatic rings. The predicted octanol–water partition coefficient (Wildman–Crippen LogP) is 0.138. The van der Waals surface area contributed by atoms with Gasteiger partial charge in [-0.1, -0.05) is 5.16 Å². The summed E-state index contributed by atoms with van der Waals surface area (Å²) < 4.78 is 5.04. The molecule has 1 fully saturated rings. The number of piperazine rings is 1. The van der Waals surface area contributed by atoms with Crippen molar-refractivity contribution in [3.8, 4) is 0 Å². The Bertz CT molecular complexity index is 447. The molecule has 17 heavy (non-hydrogen) atoms. The maximum Gasteiger partial charge on any atom is 0.245 e. The molecule has 2 heterocycles. The summed E-state index contributed by atoms with van der Waals surface area (Å²) in [5.74, 6) is 0.474. The van der Waals surface area contributed by atoms with Gasteiger partial charge in [-0.3, -0.25) is 9.59 Å². The lowest BCUT2D eigenvalue weighted by Gasteiger charge is -2.30. The van der Waals surface area contributed by atoms with Crippen LogP contribution in [-0.2, 0) is 16.1 Å². The van der Waals surface area contributed by atoms with Crippen molar-refractivity contribution < 1.29 is 14.1 Å². The van der Waals surface area contributed by atoms with E-state index in [2.05, 4.69) is 10.5 Å². The molecule has 0 radical (unpaired) electrons. The Labute approximate surface area is 98.9 Å². The first-order valence-corrected chi connectivity index (χ1v) is 5.49. The molecule has 2 amide bonds. The Hall–Kier alpha value is -1.85. The fraction of sp³-hybridized carbons (Fsp3) is 0.545. The number of aromatic nitrogens is 1. The van der Waals surface area contributed by atoms with Crippen molar-refractivity contribution in [3.63, 3.8) is 0 Å². The minimum Gasteiger partial charge on any atom is -0.361 e. The summed E-state index contributed by atoms with van der Waals surface area (Å²) in [4.78, 5) is 24.8. The van der Waals surface area contributed by atoms with E-state index in [1.807, 2.05) is 6.92 Å². The van der Waals surface area contributed by atoms with Crippen LogP contribution in [0.5, 0.6) is 0 Å². The number of nitrogens with one attached hydrogen (secondary N) is 1. The lowest BCUT2D eigenvalue weighted by Crippen LogP contribution is -2.56. The van der Waals surface area contributed by atoms with E-state index in [-0.39, 0.29) is 18.4 Å². The maximum absolute atomic E-state index is 11.9. The Morgan fingerprint density at radius 1 is 1.47 bits per heavy atom. The SMILES string of the molecule is Cc1noc(C)c1CN1CC(=O)NC(C)C1=O. The first-order chi connectivity index (χ1) is 7.99. The van der Waals surface area contributed by atoms with Gasteiger partial charge >= 0.3 is 0 Å². The van der Waals surface area contributed by atoms with E-state index in [4.69, 9.17) is 4.52 Å². The monoisotopic (exact) mass is 237 g/mol. The highest BCUT2D eigenvalue weighted by molar-refractivity contribution is 5.94. The van der Waals surface area contributed by atoms with Crippen molar-refractivity contribution in [1.29, 1.82) is 0 Å². The Morgan fingerprint density at radius 3 is 2.76 bits per heavy atom. The molecule has 1 aliphatic rings. The van der Waals surface area contributed by atoms with Gasteiger partial charge in [0.25, 0.3) is 0 Å². The van der Waals surface area contributed by atoms with Gasteiger partial charge in [-0.15, -0.1) is 0 Å². The fourth-order valence-electron chi connectivity index (χ4n) is 1.93. The largest absolute Gasteiger partial charge is 0.361 e. The first-order valence-electron chi connectivity index (χ1n) is 5.49. The molecule has 1 N–H and O–H groups in total. The summed E-state index contributed by atoms with van der Waals surface area (Å²) in [6, 6.07) is -0.461. The van der Waals surface area contributed by atoms with Crippen LogP contribution in [0.1, 0.15) is 23.9 Å². The van der Waals surface area contributed by atoms with Gasteiger partial charge in [-0.2, -0.15) is 0 Å². The Balaban J connectivity index is 2.18. The zero-order valence-corrected chi connectivity index (χ0v) is 10.1. The van der Waals surface area contributed by atoms with Crippen LogP contribution in [0.25, 0.3) is 0 Å². The lowest BCUT2D eigenvalue weighted by molar-refractivity contribution is -0.144. The summed E-state index contributed by atoms with van der Waals surface area (Å²) >= 11 is 0. The maximum atomic E-state index is 11.9. The molecule has 1 aliphatic heterocycles. The molecule has 0 aliphatic carbocycles. The van der Waals surface area contributed by atoms with Crippen LogP contribution in [0.15, 0.2) is 4.52 Å². The third kappa shape index (κ3) is 2.15. The smallest absolute Gasteiger partial charge is 0.245 e. The van der Waals surface area contributed by atoms with Crippen molar-refractivity contribution in [2.24, 2.45) is 0 Å². The van der Waals surface area contributed by atoms with Crippen LogP contribution in [0.4, 0.5) is 0 Å². The van der Waals surface area contributed by atoms with Gasteiger partial charge in [-0.05, 0) is 20.8 Å². The fourth-order valence-corrected chi connectivity index (χ4v) is 1.93. The zero-order valence-electron chi connectivity index (χ0n) is 10.1. The molecule has 0 bridgehead atoms.